The summed E-state index contributed by atoms with van der Waals surface area (Å²) in [5, 5.41) is 2.72. The average Bonchev–Trinajstić information content (AvgIpc) is 3.41. The van der Waals surface area contributed by atoms with Crippen molar-refractivity contribution in [3.05, 3.63) is 65.5 Å². The number of halogens is 1. The van der Waals surface area contributed by atoms with Gasteiger partial charge in [-0.3, -0.25) is 14.5 Å². The lowest BCUT2D eigenvalue weighted by Crippen LogP contribution is -2.52. The molecule has 6 nitrogen and oxygen atoms in total. The number of carbonyl (C=O) groups excluding carboxylic acids is 3. The molecule has 1 atom stereocenters. The summed E-state index contributed by atoms with van der Waals surface area (Å²) in [7, 11) is 0. The number of para-hydroxylation sites is 1. The van der Waals surface area contributed by atoms with Gasteiger partial charge in [-0.2, -0.15) is 0 Å². The molecule has 0 bridgehead atoms. The fourth-order valence-electron chi connectivity index (χ4n) is 4.90. The first-order valence-electron chi connectivity index (χ1n) is 10.3. The number of fused-ring (bicyclic) bond motifs is 2. The number of rotatable bonds is 4. The van der Waals surface area contributed by atoms with Gasteiger partial charge in [0.15, 0.2) is 0 Å². The van der Waals surface area contributed by atoms with E-state index in [-0.39, 0.29) is 18.3 Å². The number of amides is 4. The maximum absolute atomic E-state index is 13.6. The third-order valence-electron chi connectivity index (χ3n) is 6.44. The van der Waals surface area contributed by atoms with Gasteiger partial charge in [0.2, 0.25) is 5.54 Å². The summed E-state index contributed by atoms with van der Waals surface area (Å²) < 4.78 is 13.3. The number of hydrogen-bond donors (Lipinski definition) is 1. The van der Waals surface area contributed by atoms with Crippen molar-refractivity contribution >= 4 is 23.5 Å². The predicted molar refractivity (Wildman–Crippen MR) is 108 cm³/mol. The Labute approximate surface area is 173 Å². The molecular formula is C23H22FN3O3. The standard InChI is InChI=1S/C23H22FN3O3/c24-17-11-9-16(10-12-17)13-26-19-8-4-3-7-18(19)23(20(26)28)21(29)27(22(30)25-23)14-15-5-1-2-6-15/h3-4,7-12,15H,1-2,5-6,13-14H2,(H,25,30). The SMILES string of the molecule is O=C1NC2(C(=O)N1CC1CCCC1)C(=O)N(Cc1ccc(F)cc1)c1ccccc12. The second-order valence-corrected chi connectivity index (χ2v) is 8.28. The highest BCUT2D eigenvalue weighted by atomic mass is 19.1. The van der Waals surface area contributed by atoms with Crippen LogP contribution in [0.25, 0.3) is 0 Å². The average molecular weight is 407 g/mol. The van der Waals surface area contributed by atoms with E-state index in [0.29, 0.717) is 17.8 Å². The zero-order valence-electron chi connectivity index (χ0n) is 16.4. The van der Waals surface area contributed by atoms with E-state index in [9.17, 15) is 18.8 Å². The van der Waals surface area contributed by atoms with Gasteiger partial charge in [-0.05, 0) is 42.5 Å². The molecule has 5 rings (SSSR count). The van der Waals surface area contributed by atoms with Gasteiger partial charge in [0.25, 0.3) is 11.8 Å². The van der Waals surface area contributed by atoms with E-state index in [1.165, 1.54) is 21.9 Å². The molecule has 1 spiro atoms. The van der Waals surface area contributed by atoms with Crippen molar-refractivity contribution in [3.63, 3.8) is 0 Å². The van der Waals surface area contributed by atoms with E-state index in [4.69, 9.17) is 0 Å². The number of urea groups is 1. The molecular weight excluding hydrogens is 385 g/mol. The van der Waals surface area contributed by atoms with Gasteiger partial charge in [0.05, 0.1) is 12.2 Å². The Kier molecular flexibility index (Phi) is 4.34. The third kappa shape index (κ3) is 2.72. The lowest BCUT2D eigenvalue weighted by atomic mass is 9.91. The largest absolute Gasteiger partial charge is 0.325 e. The van der Waals surface area contributed by atoms with Crippen molar-refractivity contribution in [2.45, 2.75) is 37.8 Å². The molecule has 1 saturated heterocycles. The van der Waals surface area contributed by atoms with Gasteiger partial charge in [-0.25, -0.2) is 9.18 Å². The predicted octanol–water partition coefficient (Wildman–Crippen LogP) is 3.31. The molecule has 3 aliphatic rings. The highest BCUT2D eigenvalue weighted by Crippen LogP contribution is 2.44. The van der Waals surface area contributed by atoms with E-state index in [1.807, 2.05) is 0 Å². The van der Waals surface area contributed by atoms with Crippen LogP contribution < -0.4 is 10.2 Å². The number of benzene rings is 2. The quantitative estimate of drug-likeness (QED) is 0.625. The molecule has 1 saturated carbocycles. The summed E-state index contributed by atoms with van der Waals surface area (Å²) in [5.41, 5.74) is 0.0931. The molecule has 30 heavy (non-hydrogen) atoms. The van der Waals surface area contributed by atoms with E-state index in [0.717, 1.165) is 31.2 Å². The second kappa shape index (κ2) is 6.93. The first-order chi connectivity index (χ1) is 14.5. The maximum atomic E-state index is 13.6. The van der Waals surface area contributed by atoms with Crippen molar-refractivity contribution in [2.24, 2.45) is 5.92 Å². The van der Waals surface area contributed by atoms with E-state index >= 15 is 0 Å². The number of anilines is 1. The van der Waals surface area contributed by atoms with E-state index < -0.39 is 23.4 Å². The van der Waals surface area contributed by atoms with Crippen LogP contribution in [0, 0.1) is 11.7 Å². The fourth-order valence-corrected chi connectivity index (χ4v) is 4.90. The topological polar surface area (TPSA) is 69.7 Å². The van der Waals surface area contributed by atoms with Crippen LogP contribution in [-0.2, 0) is 21.7 Å². The van der Waals surface area contributed by atoms with Crippen LogP contribution in [-0.4, -0.2) is 29.3 Å². The van der Waals surface area contributed by atoms with Crippen molar-refractivity contribution in [3.8, 4) is 0 Å². The first kappa shape index (κ1) is 18.8. The zero-order valence-corrected chi connectivity index (χ0v) is 16.4. The minimum Gasteiger partial charge on any atom is -0.311 e. The van der Waals surface area contributed by atoms with E-state index in [2.05, 4.69) is 5.32 Å². The lowest BCUT2D eigenvalue weighted by Gasteiger charge is -2.23. The number of nitrogens with zero attached hydrogens (tertiary/aromatic N) is 2. The zero-order chi connectivity index (χ0) is 20.9. The minimum absolute atomic E-state index is 0.184. The molecule has 2 aromatic rings. The van der Waals surface area contributed by atoms with Crippen LogP contribution in [0.5, 0.6) is 0 Å². The Balaban J connectivity index is 1.50. The molecule has 2 heterocycles. The summed E-state index contributed by atoms with van der Waals surface area (Å²) in [6.07, 6.45) is 4.19. The summed E-state index contributed by atoms with van der Waals surface area (Å²) in [4.78, 5) is 42.6. The second-order valence-electron chi connectivity index (χ2n) is 8.28. The lowest BCUT2D eigenvalue weighted by molar-refractivity contribution is -0.138. The monoisotopic (exact) mass is 407 g/mol. The van der Waals surface area contributed by atoms with Gasteiger partial charge in [-0.1, -0.05) is 43.2 Å². The first-order valence-corrected chi connectivity index (χ1v) is 10.3. The van der Waals surface area contributed by atoms with Crippen molar-refractivity contribution in [1.82, 2.24) is 10.2 Å². The van der Waals surface area contributed by atoms with Gasteiger partial charge in [-0.15, -0.1) is 0 Å². The number of imide groups is 1. The summed E-state index contributed by atoms with van der Waals surface area (Å²) in [5.74, 6) is -1.04. The summed E-state index contributed by atoms with van der Waals surface area (Å²) in [6, 6.07) is 12.4. The Morgan fingerprint density at radius 1 is 0.933 bits per heavy atom. The molecule has 154 valence electrons. The van der Waals surface area contributed by atoms with Crippen LogP contribution in [0.15, 0.2) is 48.5 Å². The molecule has 0 aromatic heterocycles. The minimum atomic E-state index is -1.72. The Hall–Kier alpha value is -3.22. The Bertz CT molecular complexity index is 1030. The van der Waals surface area contributed by atoms with Crippen LogP contribution in [0.3, 0.4) is 0 Å². The third-order valence-corrected chi connectivity index (χ3v) is 6.44. The normalized spacial score (nSPS) is 23.6. The summed E-state index contributed by atoms with van der Waals surface area (Å²) in [6.45, 7) is 0.531. The molecule has 0 radical (unpaired) electrons. The van der Waals surface area contributed by atoms with Crippen LogP contribution >= 0.6 is 0 Å². The van der Waals surface area contributed by atoms with Crippen LogP contribution in [0.1, 0.15) is 36.8 Å². The van der Waals surface area contributed by atoms with Crippen molar-refractivity contribution in [1.29, 1.82) is 0 Å². The molecule has 1 N–H and O–H groups in total. The molecule has 1 aliphatic carbocycles. The molecule has 2 aromatic carbocycles. The highest BCUT2D eigenvalue weighted by Gasteiger charge is 2.63. The van der Waals surface area contributed by atoms with Gasteiger partial charge < -0.3 is 10.2 Å². The van der Waals surface area contributed by atoms with Gasteiger partial charge in [0, 0.05) is 12.1 Å². The highest BCUT2D eigenvalue weighted by molar-refractivity contribution is 6.27. The Morgan fingerprint density at radius 2 is 1.60 bits per heavy atom. The molecule has 2 fully saturated rings. The molecule has 7 heteroatoms. The fraction of sp³-hybridized carbons (Fsp3) is 0.348. The van der Waals surface area contributed by atoms with Crippen LogP contribution in [0.2, 0.25) is 0 Å². The molecule has 1 unspecified atom stereocenters. The van der Waals surface area contributed by atoms with Gasteiger partial charge in [0.1, 0.15) is 5.82 Å². The molecule has 2 aliphatic heterocycles. The maximum Gasteiger partial charge on any atom is 0.325 e. The number of carbonyl (C=O) groups is 3. The molecule has 4 amide bonds. The van der Waals surface area contributed by atoms with Gasteiger partial charge >= 0.3 is 6.03 Å². The van der Waals surface area contributed by atoms with Crippen molar-refractivity contribution < 1.29 is 18.8 Å². The Morgan fingerprint density at radius 3 is 2.33 bits per heavy atom. The smallest absolute Gasteiger partial charge is 0.311 e. The summed E-state index contributed by atoms with van der Waals surface area (Å²) >= 11 is 0. The van der Waals surface area contributed by atoms with E-state index in [1.54, 1.807) is 36.4 Å². The van der Waals surface area contributed by atoms with Crippen molar-refractivity contribution in [2.75, 3.05) is 11.4 Å². The van der Waals surface area contributed by atoms with Crippen LogP contribution in [0.4, 0.5) is 14.9 Å². The number of nitrogens with one attached hydrogen (secondary N) is 1. The number of hydrogen-bond acceptors (Lipinski definition) is 3.